The molecule has 1 nitrogen and oxygen atoms in total. The van der Waals surface area contributed by atoms with E-state index in [4.69, 9.17) is 0 Å². The van der Waals surface area contributed by atoms with Gasteiger partial charge in [0.2, 0.25) is 0 Å². The summed E-state index contributed by atoms with van der Waals surface area (Å²) in [5.74, 6) is 0.900. The van der Waals surface area contributed by atoms with Crippen LogP contribution in [0.3, 0.4) is 0 Å². The molecule has 3 aliphatic rings. The third-order valence-corrected chi connectivity index (χ3v) is 6.80. The molecule has 0 N–H and O–H groups in total. The smallest absolute Gasteiger partial charge is 0.0176 e. The fourth-order valence-electron chi connectivity index (χ4n) is 5.45. The summed E-state index contributed by atoms with van der Waals surface area (Å²) in [6, 6.07) is 10.1. The lowest BCUT2D eigenvalue weighted by Crippen LogP contribution is -2.60. The van der Waals surface area contributed by atoms with Crippen molar-refractivity contribution in [2.24, 2.45) is 5.92 Å². The van der Waals surface area contributed by atoms with E-state index >= 15 is 0 Å². The van der Waals surface area contributed by atoms with Crippen LogP contribution < -0.4 is 0 Å². The summed E-state index contributed by atoms with van der Waals surface area (Å²) < 4.78 is 2.18. The van der Waals surface area contributed by atoms with E-state index in [9.17, 15) is 0 Å². The highest BCUT2D eigenvalue weighted by atomic mass is 127. The molecule has 0 spiro atoms. The molecule has 1 aromatic rings. The van der Waals surface area contributed by atoms with Crippen molar-refractivity contribution in [2.45, 2.75) is 50.0 Å². The summed E-state index contributed by atoms with van der Waals surface area (Å²) in [4.78, 5) is 2.76. The van der Waals surface area contributed by atoms with Crippen molar-refractivity contribution < 1.29 is 0 Å². The Labute approximate surface area is 141 Å². The van der Waals surface area contributed by atoms with Crippen LogP contribution in [-0.2, 0) is 11.8 Å². The van der Waals surface area contributed by atoms with Gasteiger partial charge in [0.25, 0.3) is 0 Å². The van der Waals surface area contributed by atoms with E-state index in [-0.39, 0.29) is 0 Å². The second-order valence-corrected chi connectivity index (χ2v) is 7.76. The molecule has 2 bridgehead atoms. The van der Waals surface area contributed by atoms with Crippen LogP contribution in [0.5, 0.6) is 0 Å². The largest absolute Gasteiger partial charge is 0.296 e. The van der Waals surface area contributed by atoms with Gasteiger partial charge in [0.1, 0.15) is 0 Å². The Morgan fingerprint density at radius 2 is 2.14 bits per heavy atom. The summed E-state index contributed by atoms with van der Waals surface area (Å²) in [6.07, 6.45) is 10.7. The van der Waals surface area contributed by atoms with Crippen LogP contribution in [0.15, 0.2) is 34.4 Å². The molecule has 0 radical (unpaired) electrons. The third kappa shape index (κ3) is 2.21. The lowest BCUT2D eigenvalue weighted by atomic mass is 9.52. The summed E-state index contributed by atoms with van der Waals surface area (Å²) in [6.45, 7) is 2.43. The molecule has 1 aromatic carbocycles. The maximum Gasteiger partial charge on any atom is 0.0176 e. The molecule has 1 heterocycles. The molecular formula is C19H24IN. The van der Waals surface area contributed by atoms with E-state index in [2.05, 4.69) is 61.9 Å². The van der Waals surface area contributed by atoms with Gasteiger partial charge in [0.05, 0.1) is 0 Å². The molecule has 0 unspecified atom stereocenters. The Kier molecular flexibility index (Phi) is 3.86. The maximum atomic E-state index is 2.76. The van der Waals surface area contributed by atoms with Gasteiger partial charge in [-0.25, -0.2) is 0 Å². The van der Waals surface area contributed by atoms with E-state index < -0.39 is 0 Å². The van der Waals surface area contributed by atoms with E-state index in [1.807, 2.05) is 0 Å². The Morgan fingerprint density at radius 1 is 1.24 bits per heavy atom. The first-order valence-corrected chi connectivity index (χ1v) is 9.67. The summed E-state index contributed by atoms with van der Waals surface area (Å²) in [7, 11) is 0. The van der Waals surface area contributed by atoms with Gasteiger partial charge < -0.3 is 0 Å². The summed E-state index contributed by atoms with van der Waals surface area (Å²) in [5.41, 5.74) is 3.88. The molecule has 2 heteroatoms. The number of nitrogens with zero attached hydrogens (tertiary/aromatic N) is 1. The van der Waals surface area contributed by atoms with Crippen molar-refractivity contribution in [3.63, 3.8) is 0 Å². The van der Waals surface area contributed by atoms with Gasteiger partial charge >= 0.3 is 0 Å². The number of fused-ring (bicyclic) bond motifs is 1. The first kappa shape index (κ1) is 14.3. The molecule has 0 aromatic heterocycles. The van der Waals surface area contributed by atoms with Gasteiger partial charge in [0, 0.05) is 18.0 Å². The molecule has 4 rings (SSSR count). The number of likely N-dealkylation sites (tertiary alicyclic amines) is 1. The minimum Gasteiger partial charge on any atom is -0.296 e. The fourth-order valence-corrected chi connectivity index (χ4v) is 5.68. The van der Waals surface area contributed by atoms with E-state index in [1.165, 1.54) is 45.1 Å². The van der Waals surface area contributed by atoms with Gasteiger partial charge in [-0.2, -0.15) is 0 Å². The normalized spacial score (nSPS) is 35.5. The lowest BCUT2D eigenvalue weighted by molar-refractivity contribution is -0.00506. The third-order valence-electron chi connectivity index (χ3n) is 6.29. The average Bonchev–Trinajstić information content (AvgIpc) is 2.54. The topological polar surface area (TPSA) is 3.24 Å². The molecule has 112 valence electrons. The number of rotatable bonds is 2. The van der Waals surface area contributed by atoms with Gasteiger partial charge in [-0.05, 0) is 53.4 Å². The van der Waals surface area contributed by atoms with Crippen molar-refractivity contribution in [3.8, 4) is 0 Å². The predicted octanol–water partition coefficient (Wildman–Crippen LogP) is 4.69. The monoisotopic (exact) mass is 393 g/mol. The van der Waals surface area contributed by atoms with Crippen LogP contribution in [0.25, 0.3) is 0 Å². The van der Waals surface area contributed by atoms with Crippen LogP contribution in [-0.4, -0.2) is 24.0 Å². The number of benzene rings is 1. The van der Waals surface area contributed by atoms with Crippen LogP contribution in [0.4, 0.5) is 0 Å². The van der Waals surface area contributed by atoms with Gasteiger partial charge in [0.15, 0.2) is 0 Å². The van der Waals surface area contributed by atoms with Crippen molar-refractivity contribution in [3.05, 3.63) is 45.6 Å². The fraction of sp³-hybridized carbons (Fsp3) is 0.579. The molecule has 2 aliphatic carbocycles. The first-order valence-electron chi connectivity index (χ1n) is 8.43. The predicted molar refractivity (Wildman–Crippen MR) is 96.9 cm³/mol. The van der Waals surface area contributed by atoms with Crippen molar-refractivity contribution in [1.29, 1.82) is 0 Å². The second-order valence-electron chi connectivity index (χ2n) is 7.04. The highest BCUT2D eigenvalue weighted by Crippen LogP contribution is 2.55. The number of hydrogen-bond donors (Lipinski definition) is 0. The standard InChI is InChI=1S/C19H24IN/c20-11-5-12-21-13-10-19-9-4-3-8-17(19)18(21)14-15-6-1-2-7-16(15)19/h1-2,5-7,11,17-18H,3-4,8-10,12-14H2/b11-5+/t17-,18+,19-/m0/s1. The molecular weight excluding hydrogens is 369 g/mol. The van der Waals surface area contributed by atoms with Crippen molar-refractivity contribution in [2.75, 3.05) is 13.1 Å². The molecule has 1 aliphatic heterocycles. The Bertz CT molecular complexity index is 552. The van der Waals surface area contributed by atoms with E-state index in [0.717, 1.165) is 18.5 Å². The van der Waals surface area contributed by atoms with Gasteiger partial charge in [-0.1, -0.05) is 65.8 Å². The molecule has 1 saturated carbocycles. The maximum absolute atomic E-state index is 2.76. The first-order chi connectivity index (χ1) is 10.3. The number of halogens is 1. The van der Waals surface area contributed by atoms with E-state index in [1.54, 1.807) is 11.1 Å². The highest BCUT2D eigenvalue weighted by Gasteiger charge is 2.53. The quantitative estimate of drug-likeness (QED) is 0.659. The minimum absolute atomic E-state index is 0.516. The SMILES string of the molecule is I/C=C/CN1CC[C@]23CCCC[C@H]2[C@H]1Cc1ccccc13. The Balaban J connectivity index is 1.76. The zero-order valence-corrected chi connectivity index (χ0v) is 14.8. The van der Waals surface area contributed by atoms with Gasteiger partial charge in [-0.15, -0.1) is 0 Å². The number of piperidine rings is 1. The van der Waals surface area contributed by atoms with Crippen LogP contribution in [0.2, 0.25) is 0 Å². The van der Waals surface area contributed by atoms with Gasteiger partial charge in [-0.3, -0.25) is 4.90 Å². The Morgan fingerprint density at radius 3 is 3.05 bits per heavy atom. The number of hydrogen-bond acceptors (Lipinski definition) is 1. The summed E-state index contributed by atoms with van der Waals surface area (Å²) in [5, 5.41) is 0. The molecule has 3 atom stereocenters. The van der Waals surface area contributed by atoms with Crippen LogP contribution in [0, 0.1) is 5.92 Å². The van der Waals surface area contributed by atoms with E-state index in [0.29, 0.717) is 5.41 Å². The Hall–Kier alpha value is -0.350. The minimum atomic E-state index is 0.516. The molecule has 21 heavy (non-hydrogen) atoms. The van der Waals surface area contributed by atoms with Crippen LogP contribution >= 0.6 is 22.6 Å². The lowest BCUT2D eigenvalue weighted by Gasteiger charge is -2.59. The van der Waals surface area contributed by atoms with Crippen molar-refractivity contribution >= 4 is 22.6 Å². The molecule has 1 saturated heterocycles. The summed E-state index contributed by atoms with van der Waals surface area (Å²) >= 11 is 2.35. The average molecular weight is 393 g/mol. The molecule has 2 fully saturated rings. The van der Waals surface area contributed by atoms with Crippen LogP contribution in [0.1, 0.15) is 43.2 Å². The zero-order chi connectivity index (χ0) is 14.3. The zero-order valence-electron chi connectivity index (χ0n) is 12.6. The molecule has 0 amide bonds. The van der Waals surface area contributed by atoms with Crippen molar-refractivity contribution in [1.82, 2.24) is 4.90 Å². The second kappa shape index (κ2) is 5.69. The highest BCUT2D eigenvalue weighted by molar-refractivity contribution is 14.1.